The summed E-state index contributed by atoms with van der Waals surface area (Å²) in [7, 11) is 0. The van der Waals surface area contributed by atoms with Crippen LogP contribution in [0.3, 0.4) is 0 Å². The number of allylic oxidation sites excluding steroid dienone is 1. The van der Waals surface area contributed by atoms with E-state index in [2.05, 4.69) is 47.7 Å². The lowest BCUT2D eigenvalue weighted by Gasteiger charge is -2.00. The molecule has 2 nitrogen and oxygen atoms in total. The zero-order chi connectivity index (χ0) is 11.2. The number of benzene rings is 1. The largest absolute Gasteiger partial charge is 0.497 e. The van der Waals surface area contributed by atoms with Crippen molar-refractivity contribution in [1.29, 1.82) is 0 Å². The standard InChI is InChI=1S/C14H15NO/c1-2-11-16-12-5-9-15-10-8-13-6-3-4-7-14(13)15/h2-8,10,12H,1,9,11H2/b12-5+. The number of ether oxygens (including phenoxy) is 1. The summed E-state index contributed by atoms with van der Waals surface area (Å²) in [6, 6.07) is 10.5. The van der Waals surface area contributed by atoms with Crippen molar-refractivity contribution in [3.05, 3.63) is 61.5 Å². The minimum atomic E-state index is 0.558. The number of aromatic nitrogens is 1. The van der Waals surface area contributed by atoms with Gasteiger partial charge in [-0.1, -0.05) is 30.9 Å². The third-order valence-corrected chi connectivity index (χ3v) is 2.39. The summed E-state index contributed by atoms with van der Waals surface area (Å²) in [5.74, 6) is 0. The van der Waals surface area contributed by atoms with Gasteiger partial charge in [0.1, 0.15) is 6.61 Å². The van der Waals surface area contributed by atoms with E-state index in [1.807, 2.05) is 6.08 Å². The van der Waals surface area contributed by atoms with Crippen LogP contribution in [-0.4, -0.2) is 11.2 Å². The molecule has 0 N–H and O–H groups in total. The Morgan fingerprint density at radius 1 is 1.25 bits per heavy atom. The van der Waals surface area contributed by atoms with Gasteiger partial charge in [0.15, 0.2) is 0 Å². The first-order valence-electron chi connectivity index (χ1n) is 5.33. The summed E-state index contributed by atoms with van der Waals surface area (Å²) in [5.41, 5.74) is 1.25. The Morgan fingerprint density at radius 2 is 2.12 bits per heavy atom. The van der Waals surface area contributed by atoms with Crippen LogP contribution in [-0.2, 0) is 11.3 Å². The van der Waals surface area contributed by atoms with Gasteiger partial charge < -0.3 is 9.30 Å². The van der Waals surface area contributed by atoms with E-state index in [4.69, 9.17) is 4.74 Å². The lowest BCUT2D eigenvalue weighted by atomic mass is 10.2. The fourth-order valence-corrected chi connectivity index (χ4v) is 1.65. The molecule has 0 atom stereocenters. The molecule has 0 aliphatic rings. The lowest BCUT2D eigenvalue weighted by Crippen LogP contribution is -1.92. The zero-order valence-corrected chi connectivity index (χ0v) is 9.17. The second-order valence-electron chi connectivity index (χ2n) is 3.52. The van der Waals surface area contributed by atoms with E-state index in [9.17, 15) is 0 Å². The predicted octanol–water partition coefficient (Wildman–Crippen LogP) is 3.36. The van der Waals surface area contributed by atoms with Crippen molar-refractivity contribution in [2.45, 2.75) is 6.54 Å². The number of nitrogens with zero attached hydrogens (tertiary/aromatic N) is 1. The molecular weight excluding hydrogens is 198 g/mol. The molecule has 1 aromatic carbocycles. The Bertz CT molecular complexity index is 496. The van der Waals surface area contributed by atoms with Crippen molar-refractivity contribution in [1.82, 2.24) is 4.57 Å². The summed E-state index contributed by atoms with van der Waals surface area (Å²) in [6.45, 7) is 4.97. The van der Waals surface area contributed by atoms with Gasteiger partial charge in [-0.15, -0.1) is 0 Å². The minimum Gasteiger partial charge on any atom is -0.497 e. The first-order valence-corrected chi connectivity index (χ1v) is 5.33. The molecular formula is C14H15NO. The van der Waals surface area contributed by atoms with Crippen LogP contribution >= 0.6 is 0 Å². The van der Waals surface area contributed by atoms with Crippen LogP contribution in [0.15, 0.2) is 61.5 Å². The third kappa shape index (κ3) is 2.34. The monoisotopic (exact) mass is 213 g/mol. The summed E-state index contributed by atoms with van der Waals surface area (Å²) in [5, 5.41) is 1.27. The van der Waals surface area contributed by atoms with E-state index in [1.54, 1.807) is 12.3 Å². The molecule has 0 amide bonds. The number of rotatable bonds is 5. The molecule has 0 radical (unpaired) electrons. The molecule has 16 heavy (non-hydrogen) atoms. The van der Waals surface area contributed by atoms with Crippen molar-refractivity contribution >= 4 is 10.9 Å². The first-order chi connectivity index (χ1) is 7.92. The molecule has 0 aliphatic carbocycles. The molecule has 0 saturated carbocycles. The zero-order valence-electron chi connectivity index (χ0n) is 9.17. The molecule has 2 aromatic rings. The molecule has 1 heterocycles. The van der Waals surface area contributed by atoms with Crippen LogP contribution in [0.5, 0.6) is 0 Å². The Labute approximate surface area is 95.5 Å². The van der Waals surface area contributed by atoms with E-state index >= 15 is 0 Å². The summed E-state index contributed by atoms with van der Waals surface area (Å²) >= 11 is 0. The van der Waals surface area contributed by atoms with Gasteiger partial charge in [0.05, 0.1) is 6.26 Å². The predicted molar refractivity (Wildman–Crippen MR) is 67.2 cm³/mol. The van der Waals surface area contributed by atoms with Gasteiger partial charge in [-0.25, -0.2) is 0 Å². The molecule has 0 spiro atoms. The van der Waals surface area contributed by atoms with Crippen molar-refractivity contribution < 1.29 is 4.74 Å². The smallest absolute Gasteiger partial charge is 0.105 e. The Kier molecular flexibility index (Phi) is 3.44. The van der Waals surface area contributed by atoms with E-state index in [0.717, 1.165) is 6.54 Å². The van der Waals surface area contributed by atoms with Gasteiger partial charge in [-0.3, -0.25) is 0 Å². The van der Waals surface area contributed by atoms with Crippen molar-refractivity contribution in [2.24, 2.45) is 0 Å². The molecule has 2 heteroatoms. The van der Waals surface area contributed by atoms with E-state index in [-0.39, 0.29) is 0 Å². The minimum absolute atomic E-state index is 0.558. The van der Waals surface area contributed by atoms with Gasteiger partial charge >= 0.3 is 0 Å². The summed E-state index contributed by atoms with van der Waals surface area (Å²) in [4.78, 5) is 0. The fraction of sp³-hybridized carbons (Fsp3) is 0.143. The average Bonchev–Trinajstić information content (AvgIpc) is 2.73. The van der Waals surface area contributed by atoms with Gasteiger partial charge in [0.2, 0.25) is 0 Å². The molecule has 2 rings (SSSR count). The highest BCUT2D eigenvalue weighted by Gasteiger charge is 1.96. The van der Waals surface area contributed by atoms with E-state index in [0.29, 0.717) is 6.61 Å². The van der Waals surface area contributed by atoms with Crippen molar-refractivity contribution in [3.8, 4) is 0 Å². The second-order valence-corrected chi connectivity index (χ2v) is 3.52. The Morgan fingerprint density at radius 3 is 3.00 bits per heavy atom. The maximum Gasteiger partial charge on any atom is 0.105 e. The summed E-state index contributed by atoms with van der Waals surface area (Å²) < 4.78 is 7.36. The number of fused-ring (bicyclic) bond motifs is 1. The highest BCUT2D eigenvalue weighted by Crippen LogP contribution is 2.14. The second kappa shape index (κ2) is 5.21. The lowest BCUT2D eigenvalue weighted by molar-refractivity contribution is 0.288. The van der Waals surface area contributed by atoms with Gasteiger partial charge in [0, 0.05) is 18.3 Å². The Hall–Kier alpha value is -1.96. The van der Waals surface area contributed by atoms with Crippen LogP contribution in [0.2, 0.25) is 0 Å². The maximum atomic E-state index is 5.18. The highest BCUT2D eigenvalue weighted by molar-refractivity contribution is 5.79. The number of para-hydroxylation sites is 1. The normalized spacial score (nSPS) is 11.0. The number of hydrogen-bond acceptors (Lipinski definition) is 1. The van der Waals surface area contributed by atoms with Crippen LogP contribution in [0.25, 0.3) is 10.9 Å². The third-order valence-electron chi connectivity index (χ3n) is 2.39. The van der Waals surface area contributed by atoms with Crippen LogP contribution in [0.1, 0.15) is 0 Å². The average molecular weight is 213 g/mol. The highest BCUT2D eigenvalue weighted by atomic mass is 16.5. The molecule has 0 bridgehead atoms. The molecule has 0 aliphatic heterocycles. The molecule has 0 fully saturated rings. The van der Waals surface area contributed by atoms with E-state index < -0.39 is 0 Å². The molecule has 1 aromatic heterocycles. The SMILES string of the molecule is C=CCO/C=C/Cn1ccc2ccccc21. The van der Waals surface area contributed by atoms with E-state index in [1.165, 1.54) is 10.9 Å². The van der Waals surface area contributed by atoms with Crippen LogP contribution in [0, 0.1) is 0 Å². The molecule has 0 saturated heterocycles. The molecule has 82 valence electrons. The van der Waals surface area contributed by atoms with Gasteiger partial charge in [0.25, 0.3) is 0 Å². The topological polar surface area (TPSA) is 14.2 Å². The first kappa shape index (κ1) is 10.6. The van der Waals surface area contributed by atoms with Gasteiger partial charge in [-0.2, -0.15) is 0 Å². The molecule has 0 unspecified atom stereocenters. The summed E-state index contributed by atoms with van der Waals surface area (Å²) in [6.07, 6.45) is 7.53. The van der Waals surface area contributed by atoms with Gasteiger partial charge in [-0.05, 0) is 23.6 Å². The fourth-order valence-electron chi connectivity index (χ4n) is 1.65. The maximum absolute atomic E-state index is 5.18. The van der Waals surface area contributed by atoms with Crippen molar-refractivity contribution in [3.63, 3.8) is 0 Å². The number of hydrogen-bond donors (Lipinski definition) is 0. The Balaban J connectivity index is 2.04. The quantitative estimate of drug-likeness (QED) is 0.422. The van der Waals surface area contributed by atoms with Crippen LogP contribution in [0.4, 0.5) is 0 Å². The van der Waals surface area contributed by atoms with Crippen LogP contribution < -0.4 is 0 Å². The van der Waals surface area contributed by atoms with Crippen molar-refractivity contribution in [2.75, 3.05) is 6.61 Å².